The lowest BCUT2D eigenvalue weighted by Crippen LogP contribution is -2.18. The van der Waals surface area contributed by atoms with Crippen LogP contribution in [-0.4, -0.2) is 19.7 Å². The van der Waals surface area contributed by atoms with Gasteiger partial charge >= 0.3 is 0 Å². The fourth-order valence-electron chi connectivity index (χ4n) is 2.28. The van der Waals surface area contributed by atoms with Gasteiger partial charge in [0.2, 0.25) is 0 Å². The van der Waals surface area contributed by atoms with Gasteiger partial charge in [0.25, 0.3) is 0 Å². The minimum absolute atomic E-state index is 0.106. The van der Waals surface area contributed by atoms with Crippen LogP contribution in [0.1, 0.15) is 32.8 Å². The summed E-state index contributed by atoms with van der Waals surface area (Å²) >= 11 is 0. The van der Waals surface area contributed by atoms with Crippen molar-refractivity contribution < 1.29 is 9.13 Å². The van der Waals surface area contributed by atoms with Crippen LogP contribution in [0.25, 0.3) is 0 Å². The van der Waals surface area contributed by atoms with Crippen LogP contribution in [0.4, 0.5) is 4.39 Å². The Morgan fingerprint density at radius 2 is 2.17 bits per heavy atom. The Bertz CT molecular complexity index is 405. The van der Waals surface area contributed by atoms with Crippen molar-refractivity contribution in [1.82, 2.24) is 5.32 Å². The van der Waals surface area contributed by atoms with Gasteiger partial charge in [-0.15, -0.1) is 0 Å². The van der Waals surface area contributed by atoms with E-state index in [1.165, 1.54) is 6.07 Å². The van der Waals surface area contributed by atoms with Crippen molar-refractivity contribution in [2.45, 2.75) is 32.6 Å². The fraction of sp³-hybridized carbons (Fsp3) is 0.600. The first-order chi connectivity index (χ1) is 8.47. The van der Waals surface area contributed by atoms with Gasteiger partial charge in [-0.2, -0.15) is 0 Å². The number of hydrogen-bond acceptors (Lipinski definition) is 2. The van der Waals surface area contributed by atoms with Crippen LogP contribution in [0.15, 0.2) is 18.2 Å². The first-order valence-corrected chi connectivity index (χ1v) is 6.60. The van der Waals surface area contributed by atoms with Crippen molar-refractivity contribution in [2.24, 2.45) is 5.92 Å². The molecule has 0 aromatic heterocycles. The quantitative estimate of drug-likeness (QED) is 0.891. The van der Waals surface area contributed by atoms with E-state index >= 15 is 0 Å². The second kappa shape index (κ2) is 5.27. The molecule has 100 valence electrons. The lowest BCUT2D eigenvalue weighted by molar-refractivity contribution is 0.254. The lowest BCUT2D eigenvalue weighted by atomic mass is 9.86. The Balaban J connectivity index is 2.11. The molecule has 1 heterocycles. The summed E-state index contributed by atoms with van der Waals surface area (Å²) in [5.41, 5.74) is 0.833. The molecular weight excluding hydrogens is 229 g/mol. The molecule has 0 saturated carbocycles. The van der Waals surface area contributed by atoms with E-state index < -0.39 is 0 Å². The SMILES string of the molecule is CC(C)(C)c1cc(F)ccc1OCC1CCNC1. The molecule has 0 amide bonds. The maximum absolute atomic E-state index is 13.4. The highest BCUT2D eigenvalue weighted by atomic mass is 19.1. The molecular formula is C15H22FNO. The lowest BCUT2D eigenvalue weighted by Gasteiger charge is -2.23. The zero-order valence-corrected chi connectivity index (χ0v) is 11.4. The van der Waals surface area contributed by atoms with Gasteiger partial charge < -0.3 is 10.1 Å². The van der Waals surface area contributed by atoms with Crippen molar-refractivity contribution in [3.05, 3.63) is 29.6 Å². The first kappa shape index (κ1) is 13.3. The van der Waals surface area contributed by atoms with E-state index in [1.54, 1.807) is 12.1 Å². The largest absolute Gasteiger partial charge is 0.493 e. The number of hydrogen-bond donors (Lipinski definition) is 1. The first-order valence-electron chi connectivity index (χ1n) is 6.60. The Kier molecular flexibility index (Phi) is 3.91. The number of nitrogens with one attached hydrogen (secondary N) is 1. The van der Waals surface area contributed by atoms with Crippen LogP contribution in [0.2, 0.25) is 0 Å². The van der Waals surface area contributed by atoms with E-state index in [9.17, 15) is 4.39 Å². The zero-order chi connectivity index (χ0) is 13.2. The monoisotopic (exact) mass is 251 g/mol. The van der Waals surface area contributed by atoms with Crippen molar-refractivity contribution >= 4 is 0 Å². The summed E-state index contributed by atoms with van der Waals surface area (Å²) in [4.78, 5) is 0. The molecule has 1 aliphatic heterocycles. The smallest absolute Gasteiger partial charge is 0.123 e. The third-order valence-electron chi connectivity index (χ3n) is 3.39. The predicted octanol–water partition coefficient (Wildman–Crippen LogP) is 3.11. The summed E-state index contributed by atoms with van der Waals surface area (Å²) in [6.45, 7) is 9.03. The highest BCUT2D eigenvalue weighted by Gasteiger charge is 2.21. The third-order valence-corrected chi connectivity index (χ3v) is 3.39. The van der Waals surface area contributed by atoms with Crippen LogP contribution in [0.3, 0.4) is 0 Å². The van der Waals surface area contributed by atoms with Gasteiger partial charge in [-0.1, -0.05) is 20.8 Å². The molecule has 0 spiro atoms. The van der Waals surface area contributed by atoms with Crippen molar-refractivity contribution in [2.75, 3.05) is 19.7 Å². The number of halogens is 1. The summed E-state index contributed by atoms with van der Waals surface area (Å²) in [7, 11) is 0. The van der Waals surface area contributed by atoms with E-state index in [2.05, 4.69) is 26.1 Å². The summed E-state index contributed by atoms with van der Waals surface area (Å²) in [5, 5.41) is 3.32. The van der Waals surface area contributed by atoms with Crippen LogP contribution < -0.4 is 10.1 Å². The number of ether oxygens (including phenoxy) is 1. The van der Waals surface area contributed by atoms with E-state index in [-0.39, 0.29) is 11.2 Å². The molecule has 1 unspecified atom stereocenters. The normalized spacial score (nSPS) is 20.1. The molecule has 1 aromatic carbocycles. The predicted molar refractivity (Wildman–Crippen MR) is 71.6 cm³/mol. The summed E-state index contributed by atoms with van der Waals surface area (Å²) in [6.07, 6.45) is 1.16. The third kappa shape index (κ3) is 3.22. The highest BCUT2D eigenvalue weighted by molar-refractivity contribution is 5.38. The molecule has 1 saturated heterocycles. The molecule has 1 fully saturated rings. The number of benzene rings is 1. The molecule has 3 heteroatoms. The maximum Gasteiger partial charge on any atom is 0.123 e. The van der Waals surface area contributed by atoms with Crippen molar-refractivity contribution in [3.63, 3.8) is 0 Å². The van der Waals surface area contributed by atoms with Crippen molar-refractivity contribution in [1.29, 1.82) is 0 Å². The fourth-order valence-corrected chi connectivity index (χ4v) is 2.28. The summed E-state index contributed by atoms with van der Waals surface area (Å²) in [5.74, 6) is 1.19. The van der Waals surface area contributed by atoms with Gasteiger partial charge in [0, 0.05) is 18.0 Å². The molecule has 1 atom stereocenters. The topological polar surface area (TPSA) is 21.3 Å². The zero-order valence-electron chi connectivity index (χ0n) is 11.4. The molecule has 1 N–H and O–H groups in total. The Hall–Kier alpha value is -1.09. The molecule has 0 aliphatic carbocycles. The van der Waals surface area contributed by atoms with Gasteiger partial charge in [-0.05, 0) is 36.6 Å². The average Bonchev–Trinajstić information content (AvgIpc) is 2.79. The van der Waals surface area contributed by atoms with Gasteiger partial charge in [0.15, 0.2) is 0 Å². The van der Waals surface area contributed by atoms with Gasteiger partial charge in [0.05, 0.1) is 6.61 Å². The van der Waals surface area contributed by atoms with Crippen LogP contribution in [-0.2, 0) is 5.41 Å². The van der Waals surface area contributed by atoms with Gasteiger partial charge in [-0.25, -0.2) is 4.39 Å². The van der Waals surface area contributed by atoms with E-state index in [4.69, 9.17) is 4.74 Å². The maximum atomic E-state index is 13.4. The molecule has 0 radical (unpaired) electrons. The standard InChI is InChI=1S/C15H22FNO/c1-15(2,3)13-8-12(16)4-5-14(13)18-10-11-6-7-17-9-11/h4-5,8,11,17H,6-7,9-10H2,1-3H3. The van der Waals surface area contributed by atoms with Gasteiger partial charge in [-0.3, -0.25) is 0 Å². The van der Waals surface area contributed by atoms with Crippen molar-refractivity contribution in [3.8, 4) is 5.75 Å². The molecule has 2 rings (SSSR count). The van der Waals surface area contributed by atoms with E-state index in [1.807, 2.05) is 0 Å². The Morgan fingerprint density at radius 1 is 1.39 bits per heavy atom. The minimum atomic E-state index is -0.199. The number of rotatable bonds is 3. The van der Waals surface area contributed by atoms with Crippen LogP contribution >= 0.6 is 0 Å². The molecule has 2 nitrogen and oxygen atoms in total. The molecule has 0 bridgehead atoms. The average molecular weight is 251 g/mol. The Morgan fingerprint density at radius 3 is 2.78 bits per heavy atom. The van der Waals surface area contributed by atoms with Crippen LogP contribution in [0, 0.1) is 11.7 Å². The second-order valence-electron chi connectivity index (χ2n) is 6.06. The molecule has 18 heavy (non-hydrogen) atoms. The minimum Gasteiger partial charge on any atom is -0.493 e. The second-order valence-corrected chi connectivity index (χ2v) is 6.06. The Labute approximate surface area is 109 Å². The summed E-state index contributed by atoms with van der Waals surface area (Å²) < 4.78 is 19.2. The van der Waals surface area contributed by atoms with E-state index in [0.29, 0.717) is 12.5 Å². The summed E-state index contributed by atoms with van der Waals surface area (Å²) in [6, 6.07) is 4.80. The highest BCUT2D eigenvalue weighted by Crippen LogP contribution is 2.32. The van der Waals surface area contributed by atoms with Gasteiger partial charge in [0.1, 0.15) is 11.6 Å². The molecule has 1 aliphatic rings. The van der Waals surface area contributed by atoms with E-state index in [0.717, 1.165) is 30.8 Å². The van der Waals surface area contributed by atoms with Crippen LogP contribution in [0.5, 0.6) is 5.75 Å². The molecule has 1 aromatic rings.